The number of aryl methyl sites for hydroxylation is 1. The Labute approximate surface area is 112 Å². The van der Waals surface area contributed by atoms with Crippen molar-refractivity contribution in [3.63, 3.8) is 0 Å². The van der Waals surface area contributed by atoms with Crippen LogP contribution in [0.4, 0.5) is 0 Å². The molecule has 0 radical (unpaired) electrons. The Morgan fingerprint density at radius 2 is 2.16 bits per heavy atom. The van der Waals surface area contributed by atoms with E-state index in [1.807, 2.05) is 6.92 Å². The van der Waals surface area contributed by atoms with Gasteiger partial charge in [0.1, 0.15) is 0 Å². The maximum atomic E-state index is 12.2. The number of hydrogen-bond acceptors (Lipinski definition) is 4. The number of nitrogens with zero attached hydrogens (tertiary/aromatic N) is 1. The van der Waals surface area contributed by atoms with Crippen LogP contribution in [0.3, 0.4) is 0 Å². The van der Waals surface area contributed by atoms with Gasteiger partial charge in [-0.15, -0.1) is 0 Å². The fraction of sp³-hybridized carbons (Fsp3) is 0.643. The van der Waals surface area contributed by atoms with Crippen molar-refractivity contribution >= 4 is 5.91 Å². The minimum Gasteiger partial charge on any atom is -0.459 e. The highest BCUT2D eigenvalue weighted by molar-refractivity contribution is 5.93. The molecule has 2 atom stereocenters. The molecule has 0 unspecified atom stereocenters. The maximum Gasteiger partial charge on any atom is 0.287 e. The van der Waals surface area contributed by atoms with Gasteiger partial charge in [-0.05, 0) is 38.9 Å². The Kier molecular flexibility index (Phi) is 3.57. The highest BCUT2D eigenvalue weighted by Gasteiger charge is 2.35. The van der Waals surface area contributed by atoms with E-state index in [1.165, 1.54) is 12.8 Å². The van der Waals surface area contributed by atoms with Gasteiger partial charge in [0.15, 0.2) is 5.76 Å². The summed E-state index contributed by atoms with van der Waals surface area (Å²) in [5.74, 6) is 0.272. The lowest BCUT2D eigenvalue weighted by Crippen LogP contribution is -2.50. The molecular formula is C14H20N2O3. The Morgan fingerprint density at radius 1 is 1.37 bits per heavy atom. The van der Waals surface area contributed by atoms with E-state index >= 15 is 0 Å². The molecule has 3 heterocycles. The lowest BCUT2D eigenvalue weighted by molar-refractivity contribution is 0.0887. The van der Waals surface area contributed by atoms with E-state index in [0.717, 1.165) is 18.7 Å². The van der Waals surface area contributed by atoms with Gasteiger partial charge in [0, 0.05) is 5.56 Å². The van der Waals surface area contributed by atoms with Crippen molar-refractivity contribution in [1.29, 1.82) is 0 Å². The molecule has 5 heteroatoms. The van der Waals surface area contributed by atoms with Gasteiger partial charge in [0.25, 0.3) is 5.91 Å². The third kappa shape index (κ3) is 2.53. The average molecular weight is 264 g/mol. The zero-order valence-corrected chi connectivity index (χ0v) is 11.2. The van der Waals surface area contributed by atoms with Crippen LogP contribution in [0.15, 0.2) is 16.7 Å². The predicted molar refractivity (Wildman–Crippen MR) is 70.1 cm³/mol. The molecule has 0 aromatic carbocycles. The first kappa shape index (κ1) is 12.7. The van der Waals surface area contributed by atoms with Crippen molar-refractivity contribution < 1.29 is 13.9 Å². The maximum absolute atomic E-state index is 12.2. The highest BCUT2D eigenvalue weighted by Crippen LogP contribution is 2.19. The van der Waals surface area contributed by atoms with Crippen molar-refractivity contribution in [1.82, 2.24) is 10.2 Å². The number of rotatable bonds is 3. The lowest BCUT2D eigenvalue weighted by Gasteiger charge is -2.27. The summed E-state index contributed by atoms with van der Waals surface area (Å²) in [6.07, 6.45) is 4.04. The first-order valence-corrected chi connectivity index (χ1v) is 6.92. The monoisotopic (exact) mass is 264 g/mol. The Bertz CT molecular complexity index is 451. The molecule has 2 fully saturated rings. The summed E-state index contributed by atoms with van der Waals surface area (Å²) < 4.78 is 10.8. The SMILES string of the molecule is Cc1ccoc1C(=O)N[C@H]1COC[C@@H]1N1CCCC1. The first-order valence-electron chi connectivity index (χ1n) is 6.92. The second kappa shape index (κ2) is 5.35. The third-order valence-electron chi connectivity index (χ3n) is 4.04. The second-order valence-corrected chi connectivity index (χ2v) is 5.36. The van der Waals surface area contributed by atoms with Crippen LogP contribution in [-0.2, 0) is 4.74 Å². The van der Waals surface area contributed by atoms with E-state index in [1.54, 1.807) is 12.3 Å². The molecule has 2 aliphatic rings. The van der Waals surface area contributed by atoms with Crippen molar-refractivity contribution in [3.05, 3.63) is 23.7 Å². The summed E-state index contributed by atoms with van der Waals surface area (Å²) in [4.78, 5) is 14.6. The molecule has 0 spiro atoms. The predicted octanol–water partition coefficient (Wildman–Crippen LogP) is 1.18. The average Bonchev–Trinajstić information content (AvgIpc) is 3.07. The molecule has 2 saturated heterocycles. The summed E-state index contributed by atoms with van der Waals surface area (Å²) in [5.41, 5.74) is 0.870. The minimum atomic E-state index is -0.137. The zero-order valence-electron chi connectivity index (χ0n) is 11.2. The van der Waals surface area contributed by atoms with E-state index in [4.69, 9.17) is 9.15 Å². The van der Waals surface area contributed by atoms with E-state index in [-0.39, 0.29) is 11.9 Å². The van der Waals surface area contributed by atoms with Crippen LogP contribution in [-0.4, -0.2) is 49.2 Å². The van der Waals surface area contributed by atoms with Crippen LogP contribution in [0.1, 0.15) is 29.0 Å². The van der Waals surface area contributed by atoms with Gasteiger partial charge < -0.3 is 14.5 Å². The van der Waals surface area contributed by atoms with Crippen LogP contribution in [0, 0.1) is 6.92 Å². The number of furan rings is 1. The van der Waals surface area contributed by atoms with E-state index in [9.17, 15) is 4.79 Å². The van der Waals surface area contributed by atoms with Crippen molar-refractivity contribution in [2.24, 2.45) is 0 Å². The molecular weight excluding hydrogens is 244 g/mol. The molecule has 1 aromatic rings. The van der Waals surface area contributed by atoms with Gasteiger partial charge in [0.2, 0.25) is 0 Å². The van der Waals surface area contributed by atoms with Crippen LogP contribution in [0.25, 0.3) is 0 Å². The molecule has 2 aliphatic heterocycles. The summed E-state index contributed by atoms with van der Waals surface area (Å²) in [6, 6.07) is 2.18. The quantitative estimate of drug-likeness (QED) is 0.890. The van der Waals surface area contributed by atoms with Crippen LogP contribution < -0.4 is 5.32 Å². The summed E-state index contributed by atoms with van der Waals surface area (Å²) in [7, 11) is 0. The standard InChI is InChI=1S/C14H20N2O3/c1-10-4-7-19-13(10)14(17)15-11-8-18-9-12(11)16-5-2-3-6-16/h4,7,11-12H,2-3,5-6,8-9H2,1H3,(H,15,17)/t11-,12-/m0/s1. The van der Waals surface area contributed by atoms with Gasteiger partial charge in [-0.1, -0.05) is 0 Å². The Morgan fingerprint density at radius 3 is 2.84 bits per heavy atom. The largest absolute Gasteiger partial charge is 0.459 e. The van der Waals surface area contributed by atoms with Gasteiger partial charge in [0.05, 0.1) is 31.6 Å². The van der Waals surface area contributed by atoms with Crippen LogP contribution in [0.5, 0.6) is 0 Å². The number of carbonyl (C=O) groups is 1. The number of hydrogen-bond donors (Lipinski definition) is 1. The topological polar surface area (TPSA) is 54.7 Å². The van der Waals surface area contributed by atoms with Gasteiger partial charge in [-0.2, -0.15) is 0 Å². The smallest absolute Gasteiger partial charge is 0.287 e. The molecule has 1 N–H and O–H groups in total. The third-order valence-corrected chi connectivity index (χ3v) is 4.04. The summed E-state index contributed by atoms with van der Waals surface area (Å²) in [5, 5.41) is 3.05. The van der Waals surface area contributed by atoms with E-state index in [2.05, 4.69) is 10.2 Å². The normalized spacial score (nSPS) is 27.8. The molecule has 3 rings (SSSR count). The Hall–Kier alpha value is -1.33. The fourth-order valence-corrected chi connectivity index (χ4v) is 2.95. The number of likely N-dealkylation sites (tertiary alicyclic amines) is 1. The van der Waals surface area contributed by atoms with Crippen LogP contribution >= 0.6 is 0 Å². The van der Waals surface area contributed by atoms with Crippen LogP contribution in [0.2, 0.25) is 0 Å². The molecule has 5 nitrogen and oxygen atoms in total. The molecule has 104 valence electrons. The van der Waals surface area contributed by atoms with E-state index < -0.39 is 0 Å². The van der Waals surface area contributed by atoms with Crippen molar-refractivity contribution in [3.8, 4) is 0 Å². The first-order chi connectivity index (χ1) is 9.25. The molecule has 1 amide bonds. The minimum absolute atomic E-state index is 0.0649. The molecule has 0 bridgehead atoms. The lowest BCUT2D eigenvalue weighted by atomic mass is 10.1. The van der Waals surface area contributed by atoms with E-state index in [0.29, 0.717) is 25.0 Å². The molecule has 0 saturated carbocycles. The van der Waals surface area contributed by atoms with Gasteiger partial charge >= 0.3 is 0 Å². The molecule has 1 aromatic heterocycles. The van der Waals surface area contributed by atoms with Gasteiger partial charge in [-0.3, -0.25) is 9.69 Å². The number of amides is 1. The zero-order chi connectivity index (χ0) is 13.2. The molecule has 0 aliphatic carbocycles. The van der Waals surface area contributed by atoms with Crippen molar-refractivity contribution in [2.45, 2.75) is 31.8 Å². The summed E-state index contributed by atoms with van der Waals surface area (Å²) in [6.45, 7) is 5.40. The van der Waals surface area contributed by atoms with Crippen molar-refractivity contribution in [2.75, 3.05) is 26.3 Å². The second-order valence-electron chi connectivity index (χ2n) is 5.36. The number of carbonyl (C=O) groups excluding carboxylic acids is 1. The molecule has 19 heavy (non-hydrogen) atoms. The Balaban J connectivity index is 1.65. The van der Waals surface area contributed by atoms with Gasteiger partial charge in [-0.25, -0.2) is 0 Å². The highest BCUT2D eigenvalue weighted by atomic mass is 16.5. The number of nitrogens with one attached hydrogen (secondary N) is 1. The number of ether oxygens (including phenoxy) is 1. The summed E-state index contributed by atoms with van der Waals surface area (Å²) >= 11 is 0. The fourth-order valence-electron chi connectivity index (χ4n) is 2.95.